The van der Waals surface area contributed by atoms with Gasteiger partial charge in [-0.1, -0.05) is 18.2 Å². The Hall–Kier alpha value is -2.99. The summed E-state index contributed by atoms with van der Waals surface area (Å²) in [5.41, 5.74) is 7.48. The smallest absolute Gasteiger partial charge is 0.253 e. The predicted molar refractivity (Wildman–Crippen MR) is 142 cm³/mol. The summed E-state index contributed by atoms with van der Waals surface area (Å²) in [4.78, 5) is 26.3. The summed E-state index contributed by atoms with van der Waals surface area (Å²) in [5, 5.41) is 3.20. The van der Waals surface area contributed by atoms with E-state index >= 15 is 0 Å². The van der Waals surface area contributed by atoms with Gasteiger partial charge in [-0.3, -0.25) is 4.79 Å². The van der Waals surface area contributed by atoms with Crippen LogP contribution in [0.4, 0.5) is 5.69 Å². The number of benzene rings is 2. The maximum absolute atomic E-state index is 12.7. The number of likely N-dealkylation sites (tertiary alicyclic amines) is 1. The molecule has 6 heteroatoms. The highest BCUT2D eigenvalue weighted by Crippen LogP contribution is 2.28. The Balaban J connectivity index is 1.45. The minimum absolute atomic E-state index is 0.144. The van der Waals surface area contributed by atoms with Gasteiger partial charge in [-0.05, 0) is 74.9 Å². The number of hydrogen-bond acceptors (Lipinski definition) is 4. The van der Waals surface area contributed by atoms with E-state index in [2.05, 4.69) is 48.2 Å². The first kappa shape index (κ1) is 24.1. The maximum Gasteiger partial charge on any atom is 0.253 e. The Labute approximate surface area is 207 Å². The maximum atomic E-state index is 12.7. The van der Waals surface area contributed by atoms with E-state index in [9.17, 15) is 4.79 Å². The van der Waals surface area contributed by atoms with Gasteiger partial charge >= 0.3 is 0 Å². The molecule has 0 N–H and O–H groups in total. The molecular formula is C28H34N4OS. The fourth-order valence-electron chi connectivity index (χ4n) is 4.18. The minimum Gasteiger partial charge on any atom is -0.366 e. The van der Waals surface area contributed by atoms with E-state index in [1.54, 1.807) is 11.3 Å². The van der Waals surface area contributed by atoms with E-state index in [0.717, 1.165) is 66.4 Å². The number of thiazole rings is 1. The predicted octanol–water partition coefficient (Wildman–Crippen LogP) is 6.26. The summed E-state index contributed by atoms with van der Waals surface area (Å²) in [7, 11) is 2.03. The molecule has 2 aromatic carbocycles. The summed E-state index contributed by atoms with van der Waals surface area (Å²) in [6, 6.07) is 12.3. The number of aliphatic imine (C=N–C) groups is 1. The third-order valence-corrected chi connectivity index (χ3v) is 7.36. The second-order valence-electron chi connectivity index (χ2n) is 9.12. The lowest BCUT2D eigenvalue weighted by Gasteiger charge is -2.26. The van der Waals surface area contributed by atoms with Crippen LogP contribution in [0.3, 0.4) is 0 Å². The fraction of sp³-hybridized carbons (Fsp3) is 0.393. The molecule has 1 aliphatic heterocycles. The number of aryl methyl sites for hydroxylation is 2. The van der Waals surface area contributed by atoms with Crippen LogP contribution in [0, 0.1) is 13.8 Å². The summed E-state index contributed by atoms with van der Waals surface area (Å²) in [5.74, 6) is 0.144. The third-order valence-electron chi connectivity index (χ3n) is 6.51. The summed E-state index contributed by atoms with van der Waals surface area (Å²) in [6.45, 7) is 9.05. The van der Waals surface area contributed by atoms with Gasteiger partial charge in [0, 0.05) is 49.6 Å². The molecule has 1 aliphatic rings. The second-order valence-corrected chi connectivity index (χ2v) is 10.1. The standard InChI is InChI=1S/C28H34N4OS/c1-5-31(4)19-29-25-16-20(2)24(15-21(25)3)17-27-30-26(18-34-27)22-9-11-23(12-10-22)28(33)32-13-7-6-8-14-32/h9-12,15-16,18-19H,5-8,13-14,17H2,1-4H3/b29-19-. The number of rotatable bonds is 7. The molecule has 1 fully saturated rings. The van der Waals surface area contributed by atoms with Crippen molar-refractivity contribution in [3.8, 4) is 11.3 Å². The van der Waals surface area contributed by atoms with Gasteiger partial charge in [0.05, 0.1) is 22.7 Å². The minimum atomic E-state index is 0.144. The van der Waals surface area contributed by atoms with E-state index in [4.69, 9.17) is 4.98 Å². The molecule has 34 heavy (non-hydrogen) atoms. The Morgan fingerprint density at radius 3 is 2.56 bits per heavy atom. The van der Waals surface area contributed by atoms with Gasteiger partial charge in [0.15, 0.2) is 0 Å². The number of carbonyl (C=O) groups excluding carboxylic acids is 1. The van der Waals surface area contributed by atoms with Crippen LogP contribution in [-0.4, -0.2) is 53.7 Å². The molecule has 0 radical (unpaired) electrons. The van der Waals surface area contributed by atoms with Crippen LogP contribution in [0.15, 0.2) is 46.8 Å². The zero-order chi connectivity index (χ0) is 24.1. The van der Waals surface area contributed by atoms with Gasteiger partial charge in [-0.15, -0.1) is 11.3 Å². The molecule has 0 atom stereocenters. The number of aromatic nitrogens is 1. The van der Waals surface area contributed by atoms with E-state index in [1.165, 1.54) is 23.1 Å². The first-order valence-electron chi connectivity index (χ1n) is 12.1. The molecule has 1 aromatic heterocycles. The fourth-order valence-corrected chi connectivity index (χ4v) is 5.01. The largest absolute Gasteiger partial charge is 0.366 e. The van der Waals surface area contributed by atoms with Crippen molar-refractivity contribution in [3.63, 3.8) is 0 Å². The molecule has 178 valence electrons. The molecule has 2 heterocycles. The molecule has 0 bridgehead atoms. The summed E-state index contributed by atoms with van der Waals surface area (Å²) >= 11 is 1.69. The highest BCUT2D eigenvalue weighted by molar-refractivity contribution is 7.10. The van der Waals surface area contributed by atoms with Crippen LogP contribution in [0.5, 0.6) is 0 Å². The van der Waals surface area contributed by atoms with Crippen molar-refractivity contribution in [2.24, 2.45) is 4.99 Å². The lowest BCUT2D eigenvalue weighted by molar-refractivity contribution is 0.0724. The highest BCUT2D eigenvalue weighted by atomic mass is 32.1. The lowest BCUT2D eigenvalue weighted by Crippen LogP contribution is -2.35. The van der Waals surface area contributed by atoms with E-state index in [1.807, 2.05) is 42.6 Å². The van der Waals surface area contributed by atoms with Gasteiger partial charge in [-0.25, -0.2) is 9.98 Å². The first-order chi connectivity index (χ1) is 16.4. The van der Waals surface area contributed by atoms with Crippen LogP contribution in [0.1, 0.15) is 58.2 Å². The third kappa shape index (κ3) is 5.73. The highest BCUT2D eigenvalue weighted by Gasteiger charge is 2.18. The number of piperidine rings is 1. The summed E-state index contributed by atoms with van der Waals surface area (Å²) < 4.78 is 0. The van der Waals surface area contributed by atoms with Crippen molar-refractivity contribution >= 4 is 29.3 Å². The molecule has 3 aromatic rings. The Morgan fingerprint density at radius 2 is 1.85 bits per heavy atom. The van der Waals surface area contributed by atoms with Crippen LogP contribution in [0.25, 0.3) is 11.3 Å². The van der Waals surface area contributed by atoms with Gasteiger partial charge in [0.2, 0.25) is 0 Å². The number of amides is 1. The first-order valence-corrected chi connectivity index (χ1v) is 13.0. The Kier molecular flexibility index (Phi) is 7.78. The summed E-state index contributed by atoms with van der Waals surface area (Å²) in [6.07, 6.45) is 6.14. The molecule has 0 saturated carbocycles. The molecule has 1 amide bonds. The quantitative estimate of drug-likeness (QED) is 0.300. The van der Waals surface area contributed by atoms with Crippen molar-refractivity contribution in [1.29, 1.82) is 0 Å². The zero-order valence-electron chi connectivity index (χ0n) is 20.7. The van der Waals surface area contributed by atoms with Gasteiger partial charge in [-0.2, -0.15) is 0 Å². The number of carbonyl (C=O) groups is 1. The molecule has 0 spiro atoms. The average molecular weight is 475 g/mol. The van der Waals surface area contributed by atoms with Crippen molar-refractivity contribution in [2.45, 2.75) is 46.5 Å². The molecule has 0 aliphatic carbocycles. The van der Waals surface area contributed by atoms with E-state index < -0.39 is 0 Å². The molecular weight excluding hydrogens is 440 g/mol. The molecule has 1 saturated heterocycles. The second kappa shape index (κ2) is 11.0. The molecule has 5 nitrogen and oxygen atoms in total. The topological polar surface area (TPSA) is 48.8 Å². The van der Waals surface area contributed by atoms with Crippen molar-refractivity contribution < 1.29 is 4.79 Å². The molecule has 0 unspecified atom stereocenters. The van der Waals surface area contributed by atoms with Crippen LogP contribution < -0.4 is 0 Å². The van der Waals surface area contributed by atoms with E-state index in [-0.39, 0.29) is 5.91 Å². The van der Waals surface area contributed by atoms with Crippen LogP contribution >= 0.6 is 11.3 Å². The Bertz CT molecular complexity index is 1160. The van der Waals surface area contributed by atoms with Crippen molar-refractivity contribution in [3.05, 3.63) is 69.0 Å². The normalized spacial score (nSPS) is 14.1. The van der Waals surface area contributed by atoms with Gasteiger partial charge in [0.25, 0.3) is 5.91 Å². The van der Waals surface area contributed by atoms with Crippen LogP contribution in [-0.2, 0) is 6.42 Å². The van der Waals surface area contributed by atoms with Crippen LogP contribution in [0.2, 0.25) is 0 Å². The van der Waals surface area contributed by atoms with Crippen molar-refractivity contribution in [1.82, 2.24) is 14.8 Å². The number of hydrogen-bond donors (Lipinski definition) is 0. The van der Waals surface area contributed by atoms with Gasteiger partial charge in [0.1, 0.15) is 0 Å². The number of nitrogens with zero attached hydrogens (tertiary/aromatic N) is 4. The lowest BCUT2D eigenvalue weighted by atomic mass is 10.0. The SMILES string of the molecule is CCN(C)/C=N\c1cc(C)c(Cc2nc(-c3ccc(C(=O)N4CCCCC4)cc3)cs2)cc1C. The van der Waals surface area contributed by atoms with Crippen molar-refractivity contribution in [2.75, 3.05) is 26.7 Å². The van der Waals surface area contributed by atoms with Gasteiger partial charge < -0.3 is 9.80 Å². The molecule has 4 rings (SSSR count). The zero-order valence-corrected chi connectivity index (χ0v) is 21.5. The average Bonchev–Trinajstić information content (AvgIpc) is 3.33. The van der Waals surface area contributed by atoms with E-state index in [0.29, 0.717) is 0 Å². The Morgan fingerprint density at radius 1 is 1.12 bits per heavy atom. The monoisotopic (exact) mass is 474 g/mol.